The molecule has 0 amide bonds. The van der Waals surface area contributed by atoms with E-state index in [1.54, 1.807) is 0 Å². The number of nitrogens with zero attached hydrogens (tertiary/aromatic N) is 2. The fourth-order valence-electron chi connectivity index (χ4n) is 2.08. The van der Waals surface area contributed by atoms with Crippen LogP contribution < -0.4 is 0 Å². The van der Waals surface area contributed by atoms with E-state index in [1.807, 2.05) is 13.8 Å². The Hall–Kier alpha value is -0.0800. The molecular formula is C10H22N2. The second-order valence-corrected chi connectivity index (χ2v) is 3.58. The van der Waals surface area contributed by atoms with Crippen molar-refractivity contribution in [2.45, 2.75) is 32.7 Å². The summed E-state index contributed by atoms with van der Waals surface area (Å²) in [6.45, 7) is 9.26. The van der Waals surface area contributed by atoms with Gasteiger partial charge in [0.15, 0.2) is 0 Å². The van der Waals surface area contributed by atoms with Crippen molar-refractivity contribution in [3.63, 3.8) is 0 Å². The van der Waals surface area contributed by atoms with E-state index in [9.17, 15) is 0 Å². The monoisotopic (exact) mass is 170 g/mol. The zero-order valence-corrected chi connectivity index (χ0v) is 8.71. The minimum Gasteiger partial charge on any atom is -0.301 e. The summed E-state index contributed by atoms with van der Waals surface area (Å²) in [5.41, 5.74) is 0. The number of piperidine rings is 1. The molecule has 0 spiro atoms. The maximum Gasteiger partial charge on any atom is 0.0221 e. The first-order valence-electron chi connectivity index (χ1n) is 5.29. The van der Waals surface area contributed by atoms with Crippen LogP contribution in [-0.4, -0.2) is 49.1 Å². The Labute approximate surface area is 76.5 Å². The minimum atomic E-state index is 0.877. The van der Waals surface area contributed by atoms with Crippen LogP contribution >= 0.6 is 0 Å². The summed E-state index contributed by atoms with van der Waals surface area (Å²) in [6, 6.07) is 0.877. The Morgan fingerprint density at radius 3 is 2.50 bits per heavy atom. The molecule has 2 atom stereocenters. The van der Waals surface area contributed by atoms with Gasteiger partial charge >= 0.3 is 0 Å². The smallest absolute Gasteiger partial charge is 0.0221 e. The zero-order chi connectivity index (χ0) is 8.97. The molecule has 72 valence electrons. The molecule has 0 aliphatic carbocycles. The minimum absolute atomic E-state index is 0.877. The van der Waals surface area contributed by atoms with Crippen LogP contribution in [-0.2, 0) is 0 Å². The largest absolute Gasteiger partial charge is 0.301 e. The highest BCUT2D eigenvalue weighted by molar-refractivity contribution is 4.84. The third kappa shape index (κ3) is 2.20. The topological polar surface area (TPSA) is 6.48 Å². The van der Waals surface area contributed by atoms with Crippen LogP contribution in [0.15, 0.2) is 0 Å². The van der Waals surface area contributed by atoms with Crippen molar-refractivity contribution >= 4 is 0 Å². The summed E-state index contributed by atoms with van der Waals surface area (Å²) in [7, 11) is 2.26. The summed E-state index contributed by atoms with van der Waals surface area (Å²) < 4.78 is 0. The quantitative estimate of drug-likeness (QED) is 0.542. The first-order valence-corrected chi connectivity index (χ1v) is 5.29. The first kappa shape index (κ1) is 10.0. The van der Waals surface area contributed by atoms with E-state index in [0.717, 1.165) is 6.04 Å². The van der Waals surface area contributed by atoms with Gasteiger partial charge in [-0.05, 0) is 26.4 Å². The van der Waals surface area contributed by atoms with Crippen LogP contribution in [0.25, 0.3) is 0 Å². The van der Waals surface area contributed by atoms with Crippen molar-refractivity contribution in [1.82, 2.24) is 9.80 Å². The van der Waals surface area contributed by atoms with E-state index in [1.165, 1.54) is 39.0 Å². The number of piperazine rings is 1. The molecule has 2 aliphatic heterocycles. The van der Waals surface area contributed by atoms with E-state index in [2.05, 4.69) is 16.8 Å². The van der Waals surface area contributed by atoms with E-state index >= 15 is 0 Å². The molecule has 2 bridgehead atoms. The van der Waals surface area contributed by atoms with Crippen LogP contribution in [0.4, 0.5) is 0 Å². The summed E-state index contributed by atoms with van der Waals surface area (Å²) in [5.74, 6) is 0. The van der Waals surface area contributed by atoms with Crippen molar-refractivity contribution in [2.75, 3.05) is 33.2 Å². The SMILES string of the molecule is CC.CN1CCN2CCCC1C2. The second kappa shape index (κ2) is 4.83. The van der Waals surface area contributed by atoms with Crippen LogP contribution in [0, 0.1) is 0 Å². The van der Waals surface area contributed by atoms with Crippen LogP contribution in [0.2, 0.25) is 0 Å². The molecule has 0 radical (unpaired) electrons. The highest BCUT2D eigenvalue weighted by Gasteiger charge is 2.26. The summed E-state index contributed by atoms with van der Waals surface area (Å²) >= 11 is 0. The molecule has 2 heteroatoms. The Kier molecular flexibility index (Phi) is 4.02. The number of hydrogen-bond acceptors (Lipinski definition) is 2. The molecule has 2 rings (SSSR count). The Bertz CT molecular complexity index is 123. The molecule has 2 fully saturated rings. The van der Waals surface area contributed by atoms with Gasteiger partial charge in [0.2, 0.25) is 0 Å². The van der Waals surface area contributed by atoms with Crippen molar-refractivity contribution in [3.8, 4) is 0 Å². The number of fused-ring (bicyclic) bond motifs is 2. The average Bonchev–Trinajstić information content (AvgIpc) is 2.16. The Balaban J connectivity index is 0.000000336. The molecular weight excluding hydrogens is 148 g/mol. The molecule has 0 aromatic carbocycles. The van der Waals surface area contributed by atoms with Gasteiger partial charge in [0.1, 0.15) is 0 Å². The van der Waals surface area contributed by atoms with Gasteiger partial charge in [0.25, 0.3) is 0 Å². The van der Waals surface area contributed by atoms with Gasteiger partial charge in [-0.3, -0.25) is 0 Å². The van der Waals surface area contributed by atoms with Gasteiger partial charge in [-0.2, -0.15) is 0 Å². The van der Waals surface area contributed by atoms with Crippen LogP contribution in [0.5, 0.6) is 0 Å². The van der Waals surface area contributed by atoms with E-state index < -0.39 is 0 Å². The van der Waals surface area contributed by atoms with Crippen molar-refractivity contribution in [3.05, 3.63) is 0 Å². The third-order valence-corrected chi connectivity index (χ3v) is 2.87. The lowest BCUT2D eigenvalue weighted by Gasteiger charge is -2.43. The molecule has 2 heterocycles. The highest BCUT2D eigenvalue weighted by atomic mass is 15.3. The molecule has 2 aliphatic rings. The van der Waals surface area contributed by atoms with Crippen LogP contribution in [0.1, 0.15) is 26.7 Å². The van der Waals surface area contributed by atoms with Crippen molar-refractivity contribution in [2.24, 2.45) is 0 Å². The molecule has 0 N–H and O–H groups in total. The molecule has 2 saturated heterocycles. The number of likely N-dealkylation sites (N-methyl/N-ethyl adjacent to an activating group) is 1. The van der Waals surface area contributed by atoms with Gasteiger partial charge in [0.05, 0.1) is 0 Å². The summed E-state index contributed by atoms with van der Waals surface area (Å²) in [6.07, 6.45) is 2.84. The van der Waals surface area contributed by atoms with Gasteiger partial charge in [0, 0.05) is 25.7 Å². The lowest BCUT2D eigenvalue weighted by Crippen LogP contribution is -2.54. The third-order valence-electron chi connectivity index (χ3n) is 2.87. The fourth-order valence-corrected chi connectivity index (χ4v) is 2.08. The number of rotatable bonds is 0. The maximum atomic E-state index is 2.59. The van der Waals surface area contributed by atoms with E-state index in [-0.39, 0.29) is 0 Å². The molecule has 2 unspecified atom stereocenters. The zero-order valence-electron chi connectivity index (χ0n) is 8.71. The molecule has 0 aromatic rings. The van der Waals surface area contributed by atoms with Crippen molar-refractivity contribution < 1.29 is 0 Å². The Morgan fingerprint density at radius 2 is 1.83 bits per heavy atom. The second-order valence-electron chi connectivity index (χ2n) is 3.58. The fraction of sp³-hybridized carbons (Fsp3) is 1.00. The highest BCUT2D eigenvalue weighted by Crippen LogP contribution is 2.17. The standard InChI is InChI=1S/C8H16N2.C2H6/c1-9-5-6-10-4-2-3-8(9)7-10;1-2/h8H,2-7H2,1H3;1-2H3. The normalized spacial score (nSPS) is 35.2. The molecule has 2 nitrogen and oxygen atoms in total. The lowest BCUT2D eigenvalue weighted by molar-refractivity contribution is 0.0578. The van der Waals surface area contributed by atoms with Gasteiger partial charge in [-0.25, -0.2) is 0 Å². The summed E-state index contributed by atoms with van der Waals surface area (Å²) in [5, 5.41) is 0. The van der Waals surface area contributed by atoms with Gasteiger partial charge < -0.3 is 9.80 Å². The predicted octanol–water partition coefficient (Wildman–Crippen LogP) is 1.42. The van der Waals surface area contributed by atoms with E-state index in [4.69, 9.17) is 0 Å². The first-order chi connectivity index (χ1) is 5.86. The summed E-state index contributed by atoms with van der Waals surface area (Å²) in [4.78, 5) is 5.10. The van der Waals surface area contributed by atoms with Crippen molar-refractivity contribution in [1.29, 1.82) is 0 Å². The average molecular weight is 170 g/mol. The lowest BCUT2D eigenvalue weighted by atomic mass is 10.0. The molecule has 0 aromatic heterocycles. The van der Waals surface area contributed by atoms with Crippen LogP contribution in [0.3, 0.4) is 0 Å². The predicted molar refractivity (Wildman–Crippen MR) is 53.4 cm³/mol. The van der Waals surface area contributed by atoms with Gasteiger partial charge in [-0.15, -0.1) is 0 Å². The van der Waals surface area contributed by atoms with Gasteiger partial charge in [-0.1, -0.05) is 13.8 Å². The molecule has 12 heavy (non-hydrogen) atoms. The number of hydrogen-bond donors (Lipinski definition) is 0. The maximum absolute atomic E-state index is 2.59. The van der Waals surface area contributed by atoms with E-state index in [0.29, 0.717) is 0 Å². The molecule has 0 saturated carbocycles. The Morgan fingerprint density at radius 1 is 1.08 bits per heavy atom.